The number of nitrogens with zero attached hydrogens (tertiary/aromatic N) is 3. The van der Waals surface area contributed by atoms with Crippen LogP contribution < -0.4 is 5.32 Å². The standard InChI is InChI=1S/C8H12Cl2N4O/c1-3-15-5(2)4-11-8-13-6(9)12-7(10)14-8/h5H,3-4H2,1-2H3,(H,11,12,13,14). The fourth-order valence-electron chi connectivity index (χ4n) is 0.983. The second kappa shape index (κ2) is 6.05. The Morgan fingerprint density at radius 1 is 1.27 bits per heavy atom. The van der Waals surface area contributed by atoms with Crippen molar-refractivity contribution in [2.75, 3.05) is 18.5 Å². The molecule has 84 valence electrons. The molecule has 0 aliphatic heterocycles. The lowest BCUT2D eigenvalue weighted by Crippen LogP contribution is -2.21. The van der Waals surface area contributed by atoms with E-state index in [1.807, 2.05) is 13.8 Å². The van der Waals surface area contributed by atoms with Crippen molar-refractivity contribution in [3.05, 3.63) is 10.6 Å². The Morgan fingerprint density at radius 3 is 2.40 bits per heavy atom. The SMILES string of the molecule is CCOC(C)CNc1nc(Cl)nc(Cl)n1. The first-order valence-electron chi connectivity index (χ1n) is 4.54. The third-order valence-corrected chi connectivity index (χ3v) is 1.92. The number of ether oxygens (including phenoxy) is 1. The molecule has 5 nitrogen and oxygen atoms in total. The summed E-state index contributed by atoms with van der Waals surface area (Å²) in [5.74, 6) is 0.353. The molecule has 1 heterocycles. The Bertz CT molecular complexity index is 303. The van der Waals surface area contributed by atoms with Gasteiger partial charge in [-0.05, 0) is 37.0 Å². The largest absolute Gasteiger partial charge is 0.377 e. The van der Waals surface area contributed by atoms with Crippen LogP contribution in [-0.2, 0) is 4.74 Å². The average molecular weight is 251 g/mol. The van der Waals surface area contributed by atoms with Crippen LogP contribution in [0, 0.1) is 0 Å². The number of aromatic nitrogens is 3. The highest BCUT2D eigenvalue weighted by molar-refractivity contribution is 6.31. The summed E-state index contributed by atoms with van der Waals surface area (Å²) in [6.07, 6.45) is 0.0734. The van der Waals surface area contributed by atoms with E-state index >= 15 is 0 Å². The first-order chi connectivity index (χ1) is 7.11. The Kier molecular flexibility index (Phi) is 5.01. The van der Waals surface area contributed by atoms with Gasteiger partial charge in [0.25, 0.3) is 0 Å². The van der Waals surface area contributed by atoms with E-state index in [2.05, 4.69) is 20.3 Å². The maximum absolute atomic E-state index is 5.61. The molecule has 0 aromatic carbocycles. The van der Waals surface area contributed by atoms with E-state index in [0.29, 0.717) is 19.1 Å². The maximum Gasteiger partial charge on any atom is 0.228 e. The van der Waals surface area contributed by atoms with Crippen LogP contribution >= 0.6 is 23.2 Å². The topological polar surface area (TPSA) is 59.9 Å². The Morgan fingerprint density at radius 2 is 1.87 bits per heavy atom. The monoisotopic (exact) mass is 250 g/mol. The van der Waals surface area contributed by atoms with Gasteiger partial charge in [-0.3, -0.25) is 0 Å². The van der Waals surface area contributed by atoms with E-state index in [1.165, 1.54) is 0 Å². The van der Waals surface area contributed by atoms with E-state index < -0.39 is 0 Å². The fourth-order valence-corrected chi connectivity index (χ4v) is 1.35. The minimum atomic E-state index is 0.0709. The van der Waals surface area contributed by atoms with Crippen molar-refractivity contribution >= 4 is 29.2 Å². The minimum Gasteiger partial charge on any atom is -0.377 e. The molecule has 0 aliphatic rings. The van der Waals surface area contributed by atoms with Gasteiger partial charge in [-0.25, -0.2) is 0 Å². The summed E-state index contributed by atoms with van der Waals surface area (Å²) in [6, 6.07) is 0. The zero-order valence-electron chi connectivity index (χ0n) is 8.50. The summed E-state index contributed by atoms with van der Waals surface area (Å²) < 4.78 is 5.32. The molecule has 1 rings (SSSR count). The van der Waals surface area contributed by atoms with Crippen LogP contribution in [0.3, 0.4) is 0 Å². The van der Waals surface area contributed by atoms with Gasteiger partial charge in [0.1, 0.15) is 0 Å². The van der Waals surface area contributed by atoms with Crippen LogP contribution in [0.15, 0.2) is 0 Å². The molecule has 0 saturated carbocycles. The Hall–Kier alpha value is -0.650. The van der Waals surface area contributed by atoms with Crippen LogP contribution in [-0.4, -0.2) is 34.2 Å². The number of nitrogens with one attached hydrogen (secondary N) is 1. The van der Waals surface area contributed by atoms with E-state index in [9.17, 15) is 0 Å². The summed E-state index contributed by atoms with van der Waals surface area (Å²) in [7, 11) is 0. The molecule has 0 spiro atoms. The number of halogens is 2. The van der Waals surface area contributed by atoms with E-state index in [-0.39, 0.29) is 16.7 Å². The lowest BCUT2D eigenvalue weighted by Gasteiger charge is -2.12. The molecule has 0 aliphatic carbocycles. The molecule has 0 saturated heterocycles. The maximum atomic E-state index is 5.61. The van der Waals surface area contributed by atoms with Gasteiger partial charge in [0.2, 0.25) is 16.5 Å². The molecule has 0 amide bonds. The molecule has 0 bridgehead atoms. The van der Waals surface area contributed by atoms with Crippen molar-refractivity contribution in [2.24, 2.45) is 0 Å². The second-order valence-electron chi connectivity index (χ2n) is 2.84. The zero-order chi connectivity index (χ0) is 11.3. The van der Waals surface area contributed by atoms with Crippen molar-refractivity contribution in [3.63, 3.8) is 0 Å². The normalized spacial score (nSPS) is 12.5. The molecule has 1 N–H and O–H groups in total. The highest BCUT2D eigenvalue weighted by atomic mass is 35.5. The third-order valence-electron chi connectivity index (χ3n) is 1.58. The molecule has 1 aromatic heterocycles. The minimum absolute atomic E-state index is 0.0709. The summed E-state index contributed by atoms with van der Waals surface area (Å²) in [5.41, 5.74) is 0. The molecule has 15 heavy (non-hydrogen) atoms. The first kappa shape index (κ1) is 12.4. The molecule has 1 aromatic rings. The van der Waals surface area contributed by atoms with E-state index in [0.717, 1.165) is 0 Å². The number of hydrogen-bond acceptors (Lipinski definition) is 5. The molecule has 7 heteroatoms. The molecular formula is C8H12Cl2N4O. The smallest absolute Gasteiger partial charge is 0.228 e. The molecule has 1 atom stereocenters. The quantitative estimate of drug-likeness (QED) is 0.867. The molecular weight excluding hydrogens is 239 g/mol. The predicted octanol–water partition coefficient (Wildman–Crippen LogP) is 2.02. The van der Waals surface area contributed by atoms with Crippen molar-refractivity contribution in [1.82, 2.24) is 15.0 Å². The lowest BCUT2D eigenvalue weighted by molar-refractivity contribution is 0.0854. The molecule has 0 radical (unpaired) electrons. The summed E-state index contributed by atoms with van der Waals surface area (Å²) in [5, 5.41) is 3.10. The highest BCUT2D eigenvalue weighted by Crippen LogP contribution is 2.09. The van der Waals surface area contributed by atoms with Gasteiger partial charge in [-0.2, -0.15) is 15.0 Å². The second-order valence-corrected chi connectivity index (χ2v) is 3.52. The zero-order valence-corrected chi connectivity index (χ0v) is 10.0. The van der Waals surface area contributed by atoms with Gasteiger partial charge >= 0.3 is 0 Å². The number of anilines is 1. The highest BCUT2D eigenvalue weighted by Gasteiger charge is 2.05. The van der Waals surface area contributed by atoms with E-state index in [1.54, 1.807) is 0 Å². The van der Waals surface area contributed by atoms with Crippen LogP contribution in [0.5, 0.6) is 0 Å². The first-order valence-corrected chi connectivity index (χ1v) is 5.30. The molecule has 1 unspecified atom stereocenters. The van der Waals surface area contributed by atoms with Gasteiger partial charge in [0.05, 0.1) is 6.10 Å². The van der Waals surface area contributed by atoms with Gasteiger partial charge in [0.15, 0.2) is 0 Å². The summed E-state index contributed by atoms with van der Waals surface area (Å²) in [4.78, 5) is 11.4. The van der Waals surface area contributed by atoms with Gasteiger partial charge in [0, 0.05) is 13.2 Å². The summed E-state index contributed by atoms with van der Waals surface area (Å²) in [6.45, 7) is 5.14. The van der Waals surface area contributed by atoms with Crippen LogP contribution in [0.1, 0.15) is 13.8 Å². The van der Waals surface area contributed by atoms with Gasteiger partial charge in [-0.1, -0.05) is 0 Å². The number of hydrogen-bond donors (Lipinski definition) is 1. The predicted molar refractivity (Wildman–Crippen MR) is 59.4 cm³/mol. The van der Waals surface area contributed by atoms with Crippen molar-refractivity contribution in [2.45, 2.75) is 20.0 Å². The van der Waals surface area contributed by atoms with Crippen LogP contribution in [0.2, 0.25) is 10.6 Å². The summed E-state index contributed by atoms with van der Waals surface area (Å²) >= 11 is 11.2. The van der Waals surface area contributed by atoms with Gasteiger partial charge < -0.3 is 10.1 Å². The van der Waals surface area contributed by atoms with E-state index in [4.69, 9.17) is 27.9 Å². The third kappa shape index (κ3) is 4.59. The number of rotatable bonds is 5. The van der Waals surface area contributed by atoms with Crippen molar-refractivity contribution < 1.29 is 4.74 Å². The Labute approximate surface area is 98.2 Å². The van der Waals surface area contributed by atoms with Gasteiger partial charge in [-0.15, -0.1) is 0 Å². The Balaban J connectivity index is 2.50. The van der Waals surface area contributed by atoms with Crippen molar-refractivity contribution in [1.29, 1.82) is 0 Å². The average Bonchev–Trinajstić information content (AvgIpc) is 2.14. The lowest BCUT2D eigenvalue weighted by atomic mass is 10.4. The van der Waals surface area contributed by atoms with Crippen LogP contribution in [0.25, 0.3) is 0 Å². The van der Waals surface area contributed by atoms with Crippen LogP contribution in [0.4, 0.5) is 5.95 Å². The van der Waals surface area contributed by atoms with Crippen molar-refractivity contribution in [3.8, 4) is 0 Å². The fraction of sp³-hybridized carbons (Fsp3) is 0.625. The molecule has 0 fully saturated rings.